The van der Waals surface area contributed by atoms with Crippen LogP contribution in [0.1, 0.15) is 19.3 Å². The quantitative estimate of drug-likeness (QED) is 0.911. The molecule has 2 rings (SSSR count). The normalized spacial score (nSPS) is 25.5. The van der Waals surface area contributed by atoms with E-state index in [9.17, 15) is 0 Å². The Balaban J connectivity index is 2.05. The van der Waals surface area contributed by atoms with Crippen molar-refractivity contribution < 1.29 is 4.74 Å². The van der Waals surface area contributed by atoms with Crippen molar-refractivity contribution in [3.05, 3.63) is 28.7 Å². The summed E-state index contributed by atoms with van der Waals surface area (Å²) in [6, 6.07) is 8.52. The van der Waals surface area contributed by atoms with Gasteiger partial charge in [0.15, 0.2) is 0 Å². The topological polar surface area (TPSA) is 21.3 Å². The SMILES string of the molecule is CNC1CCCC1Oc1ccccc1Br. The van der Waals surface area contributed by atoms with Gasteiger partial charge in [0.05, 0.1) is 4.47 Å². The first-order chi connectivity index (χ1) is 7.31. The Morgan fingerprint density at radius 1 is 1.33 bits per heavy atom. The Morgan fingerprint density at radius 2 is 2.13 bits per heavy atom. The Labute approximate surface area is 99.1 Å². The van der Waals surface area contributed by atoms with Crippen LogP contribution in [0.2, 0.25) is 0 Å². The summed E-state index contributed by atoms with van der Waals surface area (Å²) in [5.74, 6) is 0.949. The zero-order valence-electron chi connectivity index (χ0n) is 8.87. The third kappa shape index (κ3) is 2.52. The van der Waals surface area contributed by atoms with Crippen molar-refractivity contribution in [3.63, 3.8) is 0 Å². The summed E-state index contributed by atoms with van der Waals surface area (Å²) in [5, 5.41) is 3.31. The van der Waals surface area contributed by atoms with Gasteiger partial charge >= 0.3 is 0 Å². The molecule has 2 atom stereocenters. The monoisotopic (exact) mass is 269 g/mol. The molecule has 0 aromatic heterocycles. The van der Waals surface area contributed by atoms with E-state index >= 15 is 0 Å². The molecule has 1 aliphatic rings. The van der Waals surface area contributed by atoms with Crippen LogP contribution in [0.5, 0.6) is 5.75 Å². The summed E-state index contributed by atoms with van der Waals surface area (Å²) in [6.07, 6.45) is 3.92. The minimum Gasteiger partial charge on any atom is -0.488 e. The Morgan fingerprint density at radius 3 is 2.87 bits per heavy atom. The summed E-state index contributed by atoms with van der Waals surface area (Å²) in [5.41, 5.74) is 0. The molecule has 1 fully saturated rings. The van der Waals surface area contributed by atoms with E-state index in [0.29, 0.717) is 12.1 Å². The number of rotatable bonds is 3. The second-order valence-corrected chi connectivity index (χ2v) is 4.77. The molecule has 1 aromatic carbocycles. The molecule has 0 heterocycles. The molecule has 1 saturated carbocycles. The van der Waals surface area contributed by atoms with Gasteiger partial charge < -0.3 is 10.1 Å². The largest absolute Gasteiger partial charge is 0.488 e. The molecule has 1 aromatic rings. The molecule has 0 bridgehead atoms. The Kier molecular flexibility index (Phi) is 3.65. The summed E-state index contributed by atoms with van der Waals surface area (Å²) < 4.78 is 7.03. The fourth-order valence-electron chi connectivity index (χ4n) is 2.10. The zero-order chi connectivity index (χ0) is 10.7. The van der Waals surface area contributed by atoms with E-state index < -0.39 is 0 Å². The highest BCUT2D eigenvalue weighted by Crippen LogP contribution is 2.29. The van der Waals surface area contributed by atoms with Gasteiger partial charge in [0, 0.05) is 6.04 Å². The maximum absolute atomic E-state index is 6.00. The number of benzene rings is 1. The van der Waals surface area contributed by atoms with E-state index in [2.05, 4.69) is 21.2 Å². The number of hydrogen-bond donors (Lipinski definition) is 1. The van der Waals surface area contributed by atoms with Gasteiger partial charge in [-0.25, -0.2) is 0 Å². The van der Waals surface area contributed by atoms with Crippen molar-refractivity contribution in [3.8, 4) is 5.75 Å². The number of ether oxygens (including phenoxy) is 1. The molecule has 15 heavy (non-hydrogen) atoms. The van der Waals surface area contributed by atoms with Gasteiger partial charge in [-0.15, -0.1) is 0 Å². The molecule has 1 aliphatic carbocycles. The molecule has 0 aliphatic heterocycles. The average molecular weight is 270 g/mol. The molecule has 3 heteroatoms. The molecular weight excluding hydrogens is 254 g/mol. The molecule has 1 N–H and O–H groups in total. The van der Waals surface area contributed by atoms with Crippen LogP contribution < -0.4 is 10.1 Å². The first-order valence-corrected chi connectivity index (χ1v) is 6.19. The zero-order valence-corrected chi connectivity index (χ0v) is 10.5. The molecule has 0 saturated heterocycles. The fraction of sp³-hybridized carbons (Fsp3) is 0.500. The van der Waals surface area contributed by atoms with Crippen molar-refractivity contribution in [2.45, 2.75) is 31.4 Å². The van der Waals surface area contributed by atoms with Crippen LogP contribution >= 0.6 is 15.9 Å². The number of halogens is 1. The van der Waals surface area contributed by atoms with Crippen molar-refractivity contribution in [1.82, 2.24) is 5.32 Å². The third-order valence-corrected chi connectivity index (χ3v) is 3.59. The average Bonchev–Trinajstić information content (AvgIpc) is 2.69. The lowest BCUT2D eigenvalue weighted by atomic mass is 10.2. The lowest BCUT2D eigenvalue weighted by molar-refractivity contribution is 0.178. The van der Waals surface area contributed by atoms with Crippen molar-refractivity contribution in [1.29, 1.82) is 0 Å². The lowest BCUT2D eigenvalue weighted by Crippen LogP contribution is -2.36. The first-order valence-electron chi connectivity index (χ1n) is 5.39. The van der Waals surface area contributed by atoms with E-state index in [1.54, 1.807) is 0 Å². The van der Waals surface area contributed by atoms with Gasteiger partial charge in [0.25, 0.3) is 0 Å². The second-order valence-electron chi connectivity index (χ2n) is 3.91. The van der Waals surface area contributed by atoms with Gasteiger partial charge in [-0.1, -0.05) is 12.1 Å². The van der Waals surface area contributed by atoms with Gasteiger partial charge in [0.2, 0.25) is 0 Å². The van der Waals surface area contributed by atoms with Crippen LogP contribution in [-0.2, 0) is 0 Å². The highest BCUT2D eigenvalue weighted by atomic mass is 79.9. The van der Waals surface area contributed by atoms with Crippen LogP contribution in [-0.4, -0.2) is 19.2 Å². The van der Waals surface area contributed by atoms with Crippen molar-refractivity contribution in [2.75, 3.05) is 7.05 Å². The predicted molar refractivity (Wildman–Crippen MR) is 65.3 cm³/mol. The number of likely N-dealkylation sites (N-methyl/N-ethyl adjacent to an activating group) is 1. The lowest BCUT2D eigenvalue weighted by Gasteiger charge is -2.21. The second kappa shape index (κ2) is 4.99. The highest BCUT2D eigenvalue weighted by molar-refractivity contribution is 9.10. The van der Waals surface area contributed by atoms with Gasteiger partial charge in [-0.3, -0.25) is 0 Å². The molecule has 2 unspecified atom stereocenters. The summed E-state index contributed by atoms with van der Waals surface area (Å²) in [6.45, 7) is 0. The fourth-order valence-corrected chi connectivity index (χ4v) is 2.48. The maximum Gasteiger partial charge on any atom is 0.133 e. The van der Waals surface area contributed by atoms with E-state index in [1.165, 1.54) is 12.8 Å². The molecule has 82 valence electrons. The predicted octanol–water partition coefficient (Wildman–Crippen LogP) is 2.97. The Bertz CT molecular complexity index is 329. The minimum atomic E-state index is 0.314. The minimum absolute atomic E-state index is 0.314. The van der Waals surface area contributed by atoms with Crippen LogP contribution in [0.25, 0.3) is 0 Å². The molecule has 2 nitrogen and oxygen atoms in total. The third-order valence-electron chi connectivity index (χ3n) is 2.94. The smallest absolute Gasteiger partial charge is 0.133 e. The van der Waals surface area contributed by atoms with Crippen LogP contribution in [0.3, 0.4) is 0 Å². The van der Waals surface area contributed by atoms with Crippen molar-refractivity contribution in [2.24, 2.45) is 0 Å². The van der Waals surface area contributed by atoms with Crippen LogP contribution in [0, 0.1) is 0 Å². The van der Waals surface area contributed by atoms with Crippen LogP contribution in [0.4, 0.5) is 0 Å². The maximum atomic E-state index is 6.00. The van der Waals surface area contributed by atoms with E-state index in [0.717, 1.165) is 16.6 Å². The number of nitrogens with one attached hydrogen (secondary N) is 1. The first kappa shape index (κ1) is 11.0. The molecule has 0 spiro atoms. The standard InChI is InChI=1S/C12H16BrNO/c1-14-10-6-4-8-12(10)15-11-7-3-2-5-9(11)13/h2-3,5,7,10,12,14H,4,6,8H2,1H3. The number of hydrogen-bond acceptors (Lipinski definition) is 2. The van der Waals surface area contributed by atoms with Gasteiger partial charge in [-0.2, -0.15) is 0 Å². The summed E-state index contributed by atoms with van der Waals surface area (Å²) >= 11 is 3.50. The summed E-state index contributed by atoms with van der Waals surface area (Å²) in [7, 11) is 2.01. The van der Waals surface area contributed by atoms with Crippen LogP contribution in [0.15, 0.2) is 28.7 Å². The highest BCUT2D eigenvalue weighted by Gasteiger charge is 2.27. The van der Waals surface area contributed by atoms with E-state index in [-0.39, 0.29) is 0 Å². The molecular formula is C12H16BrNO. The number of para-hydroxylation sites is 1. The van der Waals surface area contributed by atoms with E-state index in [4.69, 9.17) is 4.74 Å². The van der Waals surface area contributed by atoms with E-state index in [1.807, 2.05) is 31.3 Å². The van der Waals surface area contributed by atoms with Crippen molar-refractivity contribution >= 4 is 15.9 Å². The summed E-state index contributed by atoms with van der Waals surface area (Å²) in [4.78, 5) is 0. The van der Waals surface area contributed by atoms with Gasteiger partial charge in [-0.05, 0) is 54.4 Å². The van der Waals surface area contributed by atoms with Gasteiger partial charge in [0.1, 0.15) is 11.9 Å². The Hall–Kier alpha value is -0.540. The molecule has 0 amide bonds. The molecule has 0 radical (unpaired) electrons.